The van der Waals surface area contributed by atoms with Crippen LogP contribution < -0.4 is 11.3 Å². The summed E-state index contributed by atoms with van der Waals surface area (Å²) in [5.74, 6) is -0.386. The number of nitrogen functional groups attached to an aromatic ring is 1. The maximum atomic E-state index is 13.1. The normalized spacial score (nSPS) is 10.9. The number of hydrogen-bond acceptors (Lipinski definition) is 4. The molecule has 0 fully saturated rings. The number of halogens is 1. The first-order valence-electron chi connectivity index (χ1n) is 5.18. The summed E-state index contributed by atoms with van der Waals surface area (Å²) in [6, 6.07) is 7.65. The number of nitrogens with one attached hydrogen (secondary N) is 1. The van der Waals surface area contributed by atoms with E-state index in [1.165, 1.54) is 12.1 Å². The van der Waals surface area contributed by atoms with E-state index in [0.717, 1.165) is 0 Å². The Morgan fingerprint density at radius 2 is 2.06 bits per heavy atom. The highest BCUT2D eigenvalue weighted by Gasteiger charge is 2.08. The van der Waals surface area contributed by atoms with Crippen LogP contribution in [0.5, 0.6) is 0 Å². The van der Waals surface area contributed by atoms with Crippen molar-refractivity contribution in [2.75, 3.05) is 5.73 Å². The topological polar surface area (TPSA) is 84.9 Å². The van der Waals surface area contributed by atoms with Crippen molar-refractivity contribution < 1.29 is 8.91 Å². The Morgan fingerprint density at radius 1 is 1.22 bits per heavy atom. The van der Waals surface area contributed by atoms with Gasteiger partial charge in [-0.2, -0.15) is 4.39 Å². The zero-order chi connectivity index (χ0) is 12.7. The van der Waals surface area contributed by atoms with Crippen molar-refractivity contribution in [3.8, 4) is 11.1 Å². The second kappa shape index (κ2) is 3.69. The van der Waals surface area contributed by atoms with E-state index >= 15 is 0 Å². The molecule has 2 aromatic heterocycles. The highest BCUT2D eigenvalue weighted by Crippen LogP contribution is 2.26. The number of benzene rings is 1. The van der Waals surface area contributed by atoms with Gasteiger partial charge < -0.3 is 10.3 Å². The number of pyridine rings is 1. The Labute approximate surface area is 100 Å². The summed E-state index contributed by atoms with van der Waals surface area (Å²) in [5, 5.41) is 4.31. The molecule has 0 saturated heterocycles. The van der Waals surface area contributed by atoms with Gasteiger partial charge in [-0.1, -0.05) is 11.2 Å². The average molecular weight is 245 g/mol. The Balaban J connectivity index is 2.22. The second-order valence-electron chi connectivity index (χ2n) is 3.86. The zero-order valence-corrected chi connectivity index (χ0v) is 9.11. The molecule has 0 amide bonds. The van der Waals surface area contributed by atoms with Crippen LogP contribution >= 0.6 is 0 Å². The summed E-state index contributed by atoms with van der Waals surface area (Å²) in [7, 11) is 0. The molecule has 90 valence electrons. The van der Waals surface area contributed by atoms with Crippen molar-refractivity contribution >= 4 is 16.8 Å². The molecule has 3 N–H and O–H groups in total. The molecular weight excluding hydrogens is 237 g/mol. The lowest BCUT2D eigenvalue weighted by molar-refractivity contribution is 0.460. The van der Waals surface area contributed by atoms with E-state index in [1.807, 2.05) is 4.98 Å². The van der Waals surface area contributed by atoms with Crippen molar-refractivity contribution in [3.05, 3.63) is 46.6 Å². The second-order valence-corrected chi connectivity index (χ2v) is 3.86. The number of H-pyrrole nitrogens is 1. The summed E-state index contributed by atoms with van der Waals surface area (Å²) in [4.78, 5) is 13.2. The number of anilines is 1. The molecule has 0 aliphatic heterocycles. The van der Waals surface area contributed by atoms with Gasteiger partial charge in [-0.15, -0.1) is 0 Å². The lowest BCUT2D eigenvalue weighted by atomic mass is 10.1. The van der Waals surface area contributed by atoms with Gasteiger partial charge in [-0.25, -0.2) is 0 Å². The standard InChI is InChI=1S/C12H8FN3O2/c13-10-4-7(5-11(17)15-10)6-1-2-8-9(3-6)18-16-12(8)14/h1-5H,(H2,14,16)(H,15,17). The van der Waals surface area contributed by atoms with Crippen molar-refractivity contribution in [3.63, 3.8) is 0 Å². The Morgan fingerprint density at radius 3 is 2.83 bits per heavy atom. The van der Waals surface area contributed by atoms with Crippen LogP contribution in [0.4, 0.5) is 10.2 Å². The summed E-state index contributed by atoms with van der Waals surface area (Å²) in [6.07, 6.45) is 0. The zero-order valence-electron chi connectivity index (χ0n) is 9.11. The predicted molar refractivity (Wildman–Crippen MR) is 64.4 cm³/mol. The van der Waals surface area contributed by atoms with E-state index in [-0.39, 0.29) is 0 Å². The Kier molecular flexibility index (Phi) is 2.16. The highest BCUT2D eigenvalue weighted by atomic mass is 19.1. The van der Waals surface area contributed by atoms with Gasteiger partial charge in [-0.05, 0) is 29.3 Å². The molecule has 0 radical (unpaired) electrons. The maximum Gasteiger partial charge on any atom is 0.250 e. The van der Waals surface area contributed by atoms with Crippen molar-refractivity contribution in [2.24, 2.45) is 0 Å². The van der Waals surface area contributed by atoms with Gasteiger partial charge in [0.25, 0.3) is 5.56 Å². The minimum Gasteiger partial charge on any atom is -0.380 e. The summed E-state index contributed by atoms with van der Waals surface area (Å²) in [5.41, 5.74) is 6.71. The summed E-state index contributed by atoms with van der Waals surface area (Å²) >= 11 is 0. The molecule has 0 unspecified atom stereocenters. The van der Waals surface area contributed by atoms with Crippen molar-refractivity contribution in [2.45, 2.75) is 0 Å². The van der Waals surface area contributed by atoms with Crippen LogP contribution in [0.3, 0.4) is 0 Å². The molecular formula is C12H8FN3O2. The summed E-state index contributed by atoms with van der Waals surface area (Å²) in [6.45, 7) is 0. The number of fused-ring (bicyclic) bond motifs is 1. The molecule has 0 saturated carbocycles. The number of hydrogen-bond donors (Lipinski definition) is 2. The summed E-state index contributed by atoms with van der Waals surface area (Å²) < 4.78 is 18.1. The molecule has 3 rings (SSSR count). The molecule has 18 heavy (non-hydrogen) atoms. The third-order valence-corrected chi connectivity index (χ3v) is 2.64. The quantitative estimate of drug-likeness (QED) is 0.641. The minimum absolute atomic E-state index is 0.300. The third kappa shape index (κ3) is 1.64. The molecule has 0 atom stereocenters. The fourth-order valence-electron chi connectivity index (χ4n) is 1.81. The van der Waals surface area contributed by atoms with Crippen LogP contribution in [-0.2, 0) is 0 Å². The largest absolute Gasteiger partial charge is 0.380 e. The molecule has 0 aliphatic carbocycles. The molecule has 1 aromatic carbocycles. The highest BCUT2D eigenvalue weighted by molar-refractivity contribution is 5.90. The van der Waals surface area contributed by atoms with Crippen LogP contribution in [0, 0.1) is 5.95 Å². The number of rotatable bonds is 1. The molecule has 6 heteroatoms. The first-order chi connectivity index (χ1) is 8.63. The van der Waals surface area contributed by atoms with Crippen molar-refractivity contribution in [1.82, 2.24) is 10.1 Å². The van der Waals surface area contributed by atoms with Gasteiger partial charge in [0.05, 0.1) is 5.39 Å². The Bertz CT molecular complexity index is 791. The fourth-order valence-corrected chi connectivity index (χ4v) is 1.81. The van der Waals surface area contributed by atoms with Crippen LogP contribution in [0.2, 0.25) is 0 Å². The van der Waals surface area contributed by atoms with Gasteiger partial charge in [0.2, 0.25) is 0 Å². The molecule has 2 heterocycles. The van der Waals surface area contributed by atoms with E-state index in [1.54, 1.807) is 18.2 Å². The lowest BCUT2D eigenvalue weighted by Gasteiger charge is -2.00. The van der Waals surface area contributed by atoms with E-state index in [2.05, 4.69) is 5.16 Å². The first-order valence-corrected chi connectivity index (χ1v) is 5.18. The number of aromatic nitrogens is 2. The molecule has 5 nitrogen and oxygen atoms in total. The first kappa shape index (κ1) is 10.5. The van der Waals surface area contributed by atoms with E-state index < -0.39 is 11.5 Å². The molecule has 3 aromatic rings. The van der Waals surface area contributed by atoms with Gasteiger partial charge in [0, 0.05) is 6.07 Å². The predicted octanol–water partition coefficient (Wildman–Crippen LogP) is 1.90. The lowest BCUT2D eigenvalue weighted by Crippen LogP contribution is -2.06. The van der Waals surface area contributed by atoms with E-state index in [4.69, 9.17) is 10.3 Å². The minimum atomic E-state index is -0.685. The fraction of sp³-hybridized carbons (Fsp3) is 0. The maximum absolute atomic E-state index is 13.1. The molecule has 0 bridgehead atoms. The van der Waals surface area contributed by atoms with Gasteiger partial charge in [0.1, 0.15) is 0 Å². The van der Waals surface area contributed by atoms with Crippen molar-refractivity contribution in [1.29, 1.82) is 0 Å². The average Bonchev–Trinajstić information content (AvgIpc) is 2.69. The Hall–Kier alpha value is -2.63. The van der Waals surface area contributed by atoms with E-state index in [9.17, 15) is 9.18 Å². The number of nitrogens with zero attached hydrogens (tertiary/aromatic N) is 1. The van der Waals surface area contributed by atoms with Crippen LogP contribution in [-0.4, -0.2) is 10.1 Å². The third-order valence-electron chi connectivity index (χ3n) is 2.64. The van der Waals surface area contributed by atoms with Crippen LogP contribution in [0.25, 0.3) is 22.1 Å². The number of aromatic amines is 1. The van der Waals surface area contributed by atoms with Gasteiger partial charge >= 0.3 is 0 Å². The smallest absolute Gasteiger partial charge is 0.250 e. The van der Waals surface area contributed by atoms with Gasteiger partial charge in [-0.3, -0.25) is 9.78 Å². The van der Waals surface area contributed by atoms with Gasteiger partial charge in [0.15, 0.2) is 17.3 Å². The van der Waals surface area contributed by atoms with Crippen LogP contribution in [0.15, 0.2) is 39.6 Å². The number of nitrogens with two attached hydrogens (primary N) is 1. The monoisotopic (exact) mass is 245 g/mol. The van der Waals surface area contributed by atoms with Crippen LogP contribution in [0.1, 0.15) is 0 Å². The molecule has 0 spiro atoms. The SMILES string of the molecule is Nc1noc2cc(-c3cc(F)[nH]c(=O)c3)ccc12. The molecule has 0 aliphatic rings. The van der Waals surface area contributed by atoms with E-state index in [0.29, 0.717) is 27.9 Å².